The zero-order valence-electron chi connectivity index (χ0n) is 20.2. The molecule has 2 aliphatic rings. The van der Waals surface area contributed by atoms with Crippen molar-refractivity contribution in [1.82, 2.24) is 14.5 Å². The van der Waals surface area contributed by atoms with Gasteiger partial charge in [-0.1, -0.05) is 54.1 Å². The Balaban J connectivity index is 0.000000139. The van der Waals surface area contributed by atoms with Gasteiger partial charge in [-0.2, -0.15) is 0 Å². The van der Waals surface area contributed by atoms with Gasteiger partial charge in [-0.05, 0) is 83.1 Å². The van der Waals surface area contributed by atoms with Gasteiger partial charge in [-0.15, -0.1) is 0 Å². The van der Waals surface area contributed by atoms with E-state index < -0.39 is 0 Å². The molecule has 1 aliphatic heterocycles. The lowest BCUT2D eigenvalue weighted by molar-refractivity contribution is 0.624. The number of pyridine rings is 2. The van der Waals surface area contributed by atoms with Crippen molar-refractivity contribution >= 4 is 51.8 Å². The van der Waals surface area contributed by atoms with Gasteiger partial charge >= 0.3 is 0 Å². The Morgan fingerprint density at radius 2 is 1.61 bits per heavy atom. The lowest BCUT2D eigenvalue weighted by Gasteiger charge is -2.19. The zero-order chi connectivity index (χ0) is 26.4. The molecule has 0 saturated carbocycles. The average molecular weight is 544 g/mol. The van der Waals surface area contributed by atoms with Crippen molar-refractivity contribution in [3.63, 3.8) is 0 Å². The summed E-state index contributed by atoms with van der Waals surface area (Å²) in [5.74, 6) is -0.367. The van der Waals surface area contributed by atoms with E-state index in [1.807, 2.05) is 36.5 Å². The molecule has 5 aromatic rings. The number of hydrogen-bond donors (Lipinski definition) is 0. The van der Waals surface area contributed by atoms with E-state index in [1.165, 1.54) is 17.7 Å². The molecule has 0 spiro atoms. The van der Waals surface area contributed by atoms with E-state index in [2.05, 4.69) is 21.1 Å². The smallest absolute Gasteiger partial charge is 0.132 e. The first-order chi connectivity index (χ1) is 18.4. The van der Waals surface area contributed by atoms with E-state index in [9.17, 15) is 8.78 Å². The molecule has 0 N–H and O–H groups in total. The van der Waals surface area contributed by atoms with Gasteiger partial charge in [0.2, 0.25) is 0 Å². The lowest BCUT2D eigenvalue weighted by Crippen LogP contribution is -2.10. The standard InChI is InChI=1S/C16H11ClFN.C15H10ClFN2/c1-2-10-9-19-16(17)8-13(10)12-6-11-4-3-5-15(18)14(11)7-12;16-15-7-10-9(8-18-15)4-5-19-13-3-1-2-12(17)11(13)6-14(10)19/h2-5,7-9H,1,6H2;1-3,6-8H,4-5H2. The van der Waals surface area contributed by atoms with Gasteiger partial charge in [-0.3, -0.25) is 0 Å². The normalized spacial score (nSPS) is 13.2. The molecule has 3 aromatic heterocycles. The van der Waals surface area contributed by atoms with E-state index in [-0.39, 0.29) is 11.6 Å². The molecule has 1 aliphatic carbocycles. The van der Waals surface area contributed by atoms with Crippen molar-refractivity contribution in [3.8, 4) is 11.3 Å². The topological polar surface area (TPSA) is 30.7 Å². The van der Waals surface area contributed by atoms with Crippen LogP contribution in [0.1, 0.15) is 27.8 Å². The highest BCUT2D eigenvalue weighted by molar-refractivity contribution is 6.30. The molecular formula is C31H21Cl2F2N3. The zero-order valence-corrected chi connectivity index (χ0v) is 21.7. The minimum Gasteiger partial charge on any atom is -0.340 e. The number of benzene rings is 2. The maximum Gasteiger partial charge on any atom is 0.132 e. The van der Waals surface area contributed by atoms with Gasteiger partial charge in [0, 0.05) is 41.1 Å². The number of nitrogens with zero attached hydrogens (tertiary/aromatic N) is 3. The van der Waals surface area contributed by atoms with Gasteiger partial charge in [0.25, 0.3) is 0 Å². The monoisotopic (exact) mass is 543 g/mol. The number of halogens is 4. The fourth-order valence-electron chi connectivity index (χ4n) is 5.22. The fourth-order valence-corrected chi connectivity index (χ4v) is 5.54. The molecule has 4 heterocycles. The Morgan fingerprint density at radius 1 is 0.868 bits per heavy atom. The summed E-state index contributed by atoms with van der Waals surface area (Å²) in [6.45, 7) is 4.62. The van der Waals surface area contributed by atoms with Crippen LogP contribution in [-0.2, 0) is 19.4 Å². The van der Waals surface area contributed by atoms with Crippen LogP contribution in [0, 0.1) is 11.6 Å². The summed E-state index contributed by atoms with van der Waals surface area (Å²) < 4.78 is 29.8. The summed E-state index contributed by atoms with van der Waals surface area (Å²) in [7, 11) is 0. The molecule has 0 bridgehead atoms. The van der Waals surface area contributed by atoms with Crippen LogP contribution < -0.4 is 0 Å². The third kappa shape index (κ3) is 4.32. The summed E-state index contributed by atoms with van der Waals surface area (Å²) in [4.78, 5) is 8.16. The summed E-state index contributed by atoms with van der Waals surface area (Å²) >= 11 is 11.9. The minimum atomic E-state index is -0.187. The number of allylic oxidation sites excluding steroid dienone is 1. The Labute approximate surface area is 228 Å². The first-order valence-corrected chi connectivity index (χ1v) is 12.9. The van der Waals surface area contributed by atoms with Crippen LogP contribution in [0.5, 0.6) is 0 Å². The van der Waals surface area contributed by atoms with Crippen LogP contribution in [-0.4, -0.2) is 14.5 Å². The molecule has 7 rings (SSSR count). The lowest BCUT2D eigenvalue weighted by atomic mass is 10.0. The van der Waals surface area contributed by atoms with Gasteiger partial charge in [0.1, 0.15) is 21.9 Å². The third-order valence-corrected chi connectivity index (χ3v) is 7.45. The molecule has 0 saturated heterocycles. The van der Waals surface area contributed by atoms with Crippen molar-refractivity contribution in [2.24, 2.45) is 0 Å². The van der Waals surface area contributed by atoms with Crippen LogP contribution in [0.3, 0.4) is 0 Å². The Kier molecular flexibility index (Phi) is 6.34. The highest BCUT2D eigenvalue weighted by Crippen LogP contribution is 2.37. The van der Waals surface area contributed by atoms with Gasteiger partial charge in [0.05, 0.1) is 5.52 Å². The predicted octanol–water partition coefficient (Wildman–Crippen LogP) is 8.67. The van der Waals surface area contributed by atoms with Crippen molar-refractivity contribution in [2.45, 2.75) is 19.4 Å². The average Bonchev–Trinajstić information content (AvgIpc) is 3.53. The molecule has 2 aromatic carbocycles. The molecule has 0 atom stereocenters. The molecule has 38 heavy (non-hydrogen) atoms. The number of aromatic nitrogens is 3. The second-order valence-corrected chi connectivity index (χ2v) is 10.00. The van der Waals surface area contributed by atoms with E-state index in [0.29, 0.717) is 27.7 Å². The highest BCUT2D eigenvalue weighted by Gasteiger charge is 2.21. The molecule has 3 nitrogen and oxygen atoms in total. The van der Waals surface area contributed by atoms with Crippen molar-refractivity contribution in [3.05, 3.63) is 123 Å². The van der Waals surface area contributed by atoms with Crippen LogP contribution in [0.25, 0.3) is 39.9 Å². The largest absolute Gasteiger partial charge is 0.340 e. The van der Waals surface area contributed by atoms with E-state index in [4.69, 9.17) is 23.2 Å². The van der Waals surface area contributed by atoms with E-state index >= 15 is 0 Å². The first-order valence-electron chi connectivity index (χ1n) is 12.1. The van der Waals surface area contributed by atoms with Gasteiger partial charge in [0.15, 0.2) is 0 Å². The maximum atomic E-state index is 13.9. The van der Waals surface area contributed by atoms with Crippen LogP contribution in [0.4, 0.5) is 8.78 Å². The van der Waals surface area contributed by atoms with Crippen molar-refractivity contribution in [1.29, 1.82) is 0 Å². The number of rotatable bonds is 2. The van der Waals surface area contributed by atoms with Crippen molar-refractivity contribution in [2.75, 3.05) is 0 Å². The van der Waals surface area contributed by atoms with Crippen molar-refractivity contribution < 1.29 is 8.78 Å². The highest BCUT2D eigenvalue weighted by atomic mass is 35.5. The predicted molar refractivity (Wildman–Crippen MR) is 151 cm³/mol. The summed E-state index contributed by atoms with van der Waals surface area (Å²) in [6, 6.07) is 15.9. The number of fused-ring (bicyclic) bond motifs is 6. The Bertz CT molecular complexity index is 1770. The summed E-state index contributed by atoms with van der Waals surface area (Å²) in [5.41, 5.74) is 8.76. The Morgan fingerprint density at radius 3 is 2.39 bits per heavy atom. The molecule has 0 radical (unpaired) electrons. The van der Waals surface area contributed by atoms with Crippen LogP contribution in [0.15, 0.2) is 73.6 Å². The summed E-state index contributed by atoms with van der Waals surface area (Å²) in [5, 5.41) is 1.56. The van der Waals surface area contributed by atoms with Gasteiger partial charge < -0.3 is 4.57 Å². The fraction of sp³-hybridized carbons (Fsp3) is 0.0968. The minimum absolute atomic E-state index is 0.180. The van der Waals surface area contributed by atoms with E-state index in [0.717, 1.165) is 52.0 Å². The first kappa shape index (κ1) is 24.5. The van der Waals surface area contributed by atoms with Crippen LogP contribution >= 0.6 is 23.2 Å². The maximum absolute atomic E-state index is 13.9. The molecule has 0 amide bonds. The molecule has 0 unspecified atom stereocenters. The molecule has 7 heteroatoms. The third-order valence-electron chi connectivity index (χ3n) is 7.04. The Hall–Kier alpha value is -3.80. The molecular weight excluding hydrogens is 523 g/mol. The number of aryl methyl sites for hydroxylation is 2. The van der Waals surface area contributed by atoms with Gasteiger partial charge in [-0.25, -0.2) is 18.7 Å². The second-order valence-electron chi connectivity index (χ2n) is 9.23. The SMILES string of the molecule is C=Cc1cnc(Cl)cc1C1=Cc2c(F)cccc2C1.Fc1cccc2c1cc1n2CCc2cnc(Cl)cc2-1. The number of hydrogen-bond acceptors (Lipinski definition) is 2. The van der Waals surface area contributed by atoms with Crippen LogP contribution in [0.2, 0.25) is 10.3 Å². The second kappa shape index (κ2) is 9.82. The van der Waals surface area contributed by atoms with E-state index in [1.54, 1.807) is 30.5 Å². The molecule has 188 valence electrons. The quantitative estimate of drug-likeness (QED) is 0.208. The molecule has 0 fully saturated rings. The summed E-state index contributed by atoms with van der Waals surface area (Å²) in [6.07, 6.45) is 8.71.